The van der Waals surface area contributed by atoms with Crippen LogP contribution in [0.25, 0.3) is 0 Å². The Morgan fingerprint density at radius 1 is 1.04 bits per heavy atom. The minimum atomic E-state index is -1.66. The lowest BCUT2D eigenvalue weighted by Gasteiger charge is -2.17. The van der Waals surface area contributed by atoms with Crippen molar-refractivity contribution in [3.63, 3.8) is 0 Å². The molecule has 0 radical (unpaired) electrons. The molecule has 26 heavy (non-hydrogen) atoms. The van der Waals surface area contributed by atoms with Crippen LogP contribution in [0.4, 0.5) is 4.79 Å². The highest BCUT2D eigenvalue weighted by Gasteiger charge is 2.26. The Labute approximate surface area is 155 Å². The molecule has 0 aliphatic carbocycles. The molecule has 0 unspecified atom stereocenters. The molecule has 0 spiro atoms. The highest BCUT2D eigenvalue weighted by atomic mass is 16.5. The topological polar surface area (TPSA) is 78.8 Å². The number of alkyl carbamates (subject to hydrolysis) is 1. The van der Waals surface area contributed by atoms with Crippen molar-refractivity contribution in [3.8, 4) is 0 Å². The van der Waals surface area contributed by atoms with Crippen molar-refractivity contribution in [2.24, 2.45) is 0 Å². The number of nitrogens with one attached hydrogen (secondary N) is 1. The summed E-state index contributed by atoms with van der Waals surface area (Å²) in [5.41, 5.74) is 3.30. The van der Waals surface area contributed by atoms with Crippen LogP contribution < -0.4 is 5.32 Å². The van der Waals surface area contributed by atoms with Gasteiger partial charge < -0.3 is 20.1 Å². The summed E-state index contributed by atoms with van der Waals surface area (Å²) in [4.78, 5) is 12.0. The predicted octanol–water partition coefficient (Wildman–Crippen LogP) is 2.53. The summed E-state index contributed by atoms with van der Waals surface area (Å²) in [6.07, 6.45) is 2.41. The van der Waals surface area contributed by atoms with Crippen LogP contribution in [0.3, 0.4) is 0 Å². The molecule has 138 valence electrons. The fourth-order valence-corrected chi connectivity index (χ4v) is 2.78. The summed E-state index contributed by atoms with van der Waals surface area (Å²) in [7, 11) is -1.66. The Morgan fingerprint density at radius 3 is 2.35 bits per heavy atom. The molecule has 0 heterocycles. The van der Waals surface area contributed by atoms with E-state index in [2.05, 4.69) is 24.4 Å². The Kier molecular flexibility index (Phi) is 8.18. The second-order valence-electron chi connectivity index (χ2n) is 6.31. The molecule has 0 aliphatic rings. The molecular formula is C20H26BNO4. The van der Waals surface area contributed by atoms with Crippen molar-refractivity contribution in [2.45, 2.75) is 38.5 Å². The van der Waals surface area contributed by atoms with Crippen LogP contribution in [0.15, 0.2) is 54.6 Å². The van der Waals surface area contributed by atoms with Crippen molar-refractivity contribution in [3.05, 3.63) is 71.3 Å². The molecule has 0 saturated heterocycles. The highest BCUT2D eigenvalue weighted by molar-refractivity contribution is 6.43. The SMILES string of the molecule is CCCc1cccc(CCOC(=O)N[C@@H](Cc2ccccc2)B(O)O)c1. The number of carbonyl (C=O) groups excluding carboxylic acids is 1. The van der Waals surface area contributed by atoms with Gasteiger partial charge in [-0.1, -0.05) is 67.9 Å². The van der Waals surface area contributed by atoms with E-state index < -0.39 is 19.2 Å². The second kappa shape index (κ2) is 10.6. The molecule has 1 amide bonds. The molecule has 2 rings (SSSR count). The van der Waals surface area contributed by atoms with E-state index in [9.17, 15) is 14.8 Å². The van der Waals surface area contributed by atoms with Crippen LogP contribution in [-0.2, 0) is 24.0 Å². The smallest absolute Gasteiger partial charge is 0.449 e. The van der Waals surface area contributed by atoms with Crippen molar-refractivity contribution in [1.82, 2.24) is 5.32 Å². The van der Waals surface area contributed by atoms with Gasteiger partial charge in [0.15, 0.2) is 0 Å². The number of rotatable bonds is 9. The van der Waals surface area contributed by atoms with E-state index in [0.29, 0.717) is 12.8 Å². The van der Waals surface area contributed by atoms with E-state index in [1.807, 2.05) is 42.5 Å². The zero-order chi connectivity index (χ0) is 18.8. The van der Waals surface area contributed by atoms with Gasteiger partial charge in [-0.2, -0.15) is 0 Å². The van der Waals surface area contributed by atoms with Gasteiger partial charge in [0.1, 0.15) is 0 Å². The van der Waals surface area contributed by atoms with E-state index >= 15 is 0 Å². The summed E-state index contributed by atoms with van der Waals surface area (Å²) in [5.74, 6) is -0.821. The minimum absolute atomic E-state index is 0.237. The second-order valence-corrected chi connectivity index (χ2v) is 6.31. The average molecular weight is 355 g/mol. The summed E-state index contributed by atoms with van der Waals surface area (Å²) in [6, 6.07) is 17.6. The third-order valence-corrected chi connectivity index (χ3v) is 4.12. The molecule has 0 aliphatic heterocycles. The standard InChI is InChI=1S/C20H26BNO4/c1-2-7-16-10-6-11-18(14-16)12-13-26-20(23)22-19(21(24)25)15-17-8-4-3-5-9-17/h3-6,8-11,14,19,24-25H,2,7,12-13,15H2,1H3,(H,22,23)/t19-/m0/s1. The monoisotopic (exact) mass is 355 g/mol. The number of carbonyl (C=O) groups is 1. The molecule has 0 bridgehead atoms. The first-order valence-corrected chi connectivity index (χ1v) is 8.99. The summed E-state index contributed by atoms with van der Waals surface area (Å²) >= 11 is 0. The highest BCUT2D eigenvalue weighted by Crippen LogP contribution is 2.09. The fraction of sp³-hybridized carbons (Fsp3) is 0.350. The van der Waals surface area contributed by atoms with Crippen LogP contribution in [0.5, 0.6) is 0 Å². The van der Waals surface area contributed by atoms with Gasteiger partial charge in [-0.3, -0.25) is 0 Å². The van der Waals surface area contributed by atoms with Crippen molar-refractivity contribution in [2.75, 3.05) is 6.61 Å². The molecule has 0 saturated carbocycles. The normalized spacial score (nSPS) is 11.7. The van der Waals surface area contributed by atoms with Gasteiger partial charge in [-0.25, -0.2) is 4.79 Å². The number of hydrogen-bond acceptors (Lipinski definition) is 4. The van der Waals surface area contributed by atoms with Crippen LogP contribution >= 0.6 is 0 Å². The predicted molar refractivity (Wildman–Crippen MR) is 103 cm³/mol. The molecule has 0 fully saturated rings. The van der Waals surface area contributed by atoms with Crippen LogP contribution in [0.1, 0.15) is 30.0 Å². The molecule has 6 heteroatoms. The maximum absolute atomic E-state index is 12.0. The van der Waals surface area contributed by atoms with E-state index in [4.69, 9.17) is 4.74 Å². The number of aryl methyl sites for hydroxylation is 1. The maximum atomic E-state index is 12.0. The van der Waals surface area contributed by atoms with Gasteiger partial charge in [0.2, 0.25) is 0 Å². The van der Waals surface area contributed by atoms with Gasteiger partial charge in [0.25, 0.3) is 0 Å². The lowest BCUT2D eigenvalue weighted by Crippen LogP contribution is -2.48. The van der Waals surface area contributed by atoms with Crippen molar-refractivity contribution in [1.29, 1.82) is 0 Å². The largest absolute Gasteiger partial charge is 0.475 e. The third-order valence-electron chi connectivity index (χ3n) is 4.12. The minimum Gasteiger partial charge on any atom is -0.449 e. The van der Waals surface area contributed by atoms with Gasteiger partial charge in [0.05, 0.1) is 12.5 Å². The number of hydrogen-bond donors (Lipinski definition) is 3. The van der Waals surface area contributed by atoms with Gasteiger partial charge in [0, 0.05) is 6.42 Å². The first-order valence-electron chi connectivity index (χ1n) is 8.99. The lowest BCUT2D eigenvalue weighted by molar-refractivity contribution is 0.144. The zero-order valence-electron chi connectivity index (χ0n) is 15.1. The van der Waals surface area contributed by atoms with E-state index in [1.165, 1.54) is 5.56 Å². The van der Waals surface area contributed by atoms with Crippen molar-refractivity contribution < 1.29 is 19.6 Å². The summed E-state index contributed by atoms with van der Waals surface area (Å²) in [6.45, 7) is 2.38. The number of ether oxygens (including phenoxy) is 1. The maximum Gasteiger partial charge on any atom is 0.475 e. The fourth-order valence-electron chi connectivity index (χ4n) is 2.78. The molecule has 0 aromatic heterocycles. The van der Waals surface area contributed by atoms with E-state index in [0.717, 1.165) is 24.0 Å². The van der Waals surface area contributed by atoms with Crippen molar-refractivity contribution >= 4 is 13.2 Å². The lowest BCUT2D eigenvalue weighted by atomic mass is 9.76. The van der Waals surface area contributed by atoms with Crippen LogP contribution in [0.2, 0.25) is 0 Å². The number of amides is 1. The molecular weight excluding hydrogens is 329 g/mol. The first kappa shape index (κ1) is 20.0. The quantitative estimate of drug-likeness (QED) is 0.604. The van der Waals surface area contributed by atoms with E-state index in [-0.39, 0.29) is 6.61 Å². The molecule has 3 N–H and O–H groups in total. The Hall–Kier alpha value is -2.31. The number of benzene rings is 2. The molecule has 5 nitrogen and oxygen atoms in total. The third kappa shape index (κ3) is 6.90. The Morgan fingerprint density at radius 2 is 1.69 bits per heavy atom. The molecule has 1 atom stereocenters. The van der Waals surface area contributed by atoms with Crippen LogP contribution in [0, 0.1) is 0 Å². The van der Waals surface area contributed by atoms with Gasteiger partial charge in [-0.15, -0.1) is 0 Å². The molecule has 2 aromatic carbocycles. The van der Waals surface area contributed by atoms with Gasteiger partial charge in [-0.05, 0) is 29.5 Å². The van der Waals surface area contributed by atoms with E-state index in [1.54, 1.807) is 0 Å². The zero-order valence-corrected chi connectivity index (χ0v) is 15.1. The summed E-state index contributed by atoms with van der Waals surface area (Å²) in [5, 5.41) is 21.5. The Balaban J connectivity index is 1.80. The van der Waals surface area contributed by atoms with Crippen LogP contribution in [-0.4, -0.2) is 35.8 Å². The Bertz CT molecular complexity index is 679. The molecule has 2 aromatic rings. The first-order chi connectivity index (χ1) is 12.6. The summed E-state index contributed by atoms with van der Waals surface area (Å²) < 4.78 is 5.19. The average Bonchev–Trinajstić information content (AvgIpc) is 2.62. The van der Waals surface area contributed by atoms with Gasteiger partial charge >= 0.3 is 13.2 Å².